The van der Waals surface area contributed by atoms with Crippen molar-refractivity contribution < 1.29 is 14.4 Å². The van der Waals surface area contributed by atoms with Crippen molar-refractivity contribution >= 4 is 5.97 Å². The summed E-state index contributed by atoms with van der Waals surface area (Å²) >= 11 is 0. The molecule has 1 aliphatic rings. The number of carbonyl (C=O) groups excluding carboxylic acids is 1. The monoisotopic (exact) mass is 201 g/mol. The zero-order chi connectivity index (χ0) is 10.4. The number of hydroxylamine groups is 1. The van der Waals surface area contributed by atoms with Crippen LogP contribution in [0.4, 0.5) is 0 Å². The van der Waals surface area contributed by atoms with Gasteiger partial charge in [0.25, 0.3) is 0 Å². The second-order valence-electron chi connectivity index (χ2n) is 3.68. The Labute approximate surface area is 84.9 Å². The predicted molar refractivity (Wildman–Crippen MR) is 52.6 cm³/mol. The lowest BCUT2D eigenvalue weighted by Gasteiger charge is -2.26. The maximum atomic E-state index is 11.3. The van der Waals surface area contributed by atoms with E-state index in [0.29, 0.717) is 6.61 Å². The predicted octanol–water partition coefficient (Wildman–Crippen LogP) is 1.40. The van der Waals surface area contributed by atoms with Gasteiger partial charge in [-0.3, -0.25) is 9.63 Å². The van der Waals surface area contributed by atoms with Gasteiger partial charge < -0.3 is 4.74 Å². The first-order valence-corrected chi connectivity index (χ1v) is 5.32. The highest BCUT2D eigenvalue weighted by Crippen LogP contribution is 2.20. The van der Waals surface area contributed by atoms with E-state index in [1.165, 1.54) is 6.42 Å². The van der Waals surface area contributed by atoms with Crippen LogP contribution in [0.25, 0.3) is 0 Å². The normalized spacial score (nSPS) is 18.7. The van der Waals surface area contributed by atoms with Crippen LogP contribution in [0.5, 0.6) is 0 Å². The molecule has 1 unspecified atom stereocenters. The van der Waals surface area contributed by atoms with E-state index in [1.54, 1.807) is 6.92 Å². The van der Waals surface area contributed by atoms with Gasteiger partial charge in [-0.25, -0.2) is 0 Å². The Hall–Kier alpha value is -0.610. The molecule has 0 saturated heterocycles. The lowest BCUT2D eigenvalue weighted by atomic mass is 9.97. The Kier molecular flexibility index (Phi) is 4.90. The fourth-order valence-electron chi connectivity index (χ4n) is 1.06. The molecule has 0 spiro atoms. The Balaban J connectivity index is 2.06. The van der Waals surface area contributed by atoms with Crippen molar-refractivity contribution in [3.63, 3.8) is 0 Å². The van der Waals surface area contributed by atoms with E-state index in [0.717, 1.165) is 19.3 Å². The van der Waals surface area contributed by atoms with Gasteiger partial charge >= 0.3 is 5.97 Å². The molecule has 0 bridgehead atoms. The largest absolute Gasteiger partial charge is 0.464 e. The molecule has 0 aliphatic heterocycles. The maximum Gasteiger partial charge on any atom is 0.325 e. The van der Waals surface area contributed by atoms with E-state index in [9.17, 15) is 4.79 Å². The summed E-state index contributed by atoms with van der Waals surface area (Å²) in [5, 5.41) is 0. The summed E-state index contributed by atoms with van der Waals surface area (Å²) in [7, 11) is 0. The number of hydrogen-bond donors (Lipinski definition) is 1. The molecule has 82 valence electrons. The molecule has 4 nitrogen and oxygen atoms in total. The third kappa shape index (κ3) is 3.64. The first kappa shape index (κ1) is 11.5. The SMILES string of the molecule is CCCOC(=O)C(C)NOC1CCC1. The quantitative estimate of drug-likeness (QED) is 0.521. The minimum Gasteiger partial charge on any atom is -0.464 e. The molecule has 1 N–H and O–H groups in total. The molecular weight excluding hydrogens is 182 g/mol. The van der Waals surface area contributed by atoms with E-state index in [1.807, 2.05) is 6.92 Å². The molecular formula is C10H19NO3. The number of rotatable bonds is 6. The summed E-state index contributed by atoms with van der Waals surface area (Å²) in [5.74, 6) is -0.244. The van der Waals surface area contributed by atoms with Crippen LogP contribution in [-0.2, 0) is 14.4 Å². The molecule has 1 aliphatic carbocycles. The van der Waals surface area contributed by atoms with Crippen LogP contribution in [0, 0.1) is 0 Å². The van der Waals surface area contributed by atoms with Crippen LogP contribution in [-0.4, -0.2) is 24.7 Å². The number of nitrogens with one attached hydrogen (secondary N) is 1. The Morgan fingerprint density at radius 2 is 2.29 bits per heavy atom. The van der Waals surface area contributed by atoms with E-state index < -0.39 is 0 Å². The fraction of sp³-hybridized carbons (Fsp3) is 0.900. The molecule has 0 radical (unpaired) electrons. The number of hydrogen-bond acceptors (Lipinski definition) is 4. The molecule has 1 atom stereocenters. The summed E-state index contributed by atoms with van der Waals surface area (Å²) in [6, 6.07) is -0.373. The second-order valence-corrected chi connectivity index (χ2v) is 3.68. The summed E-state index contributed by atoms with van der Waals surface area (Å²) in [6.07, 6.45) is 4.53. The third-order valence-electron chi connectivity index (χ3n) is 2.27. The standard InChI is InChI=1S/C10H19NO3/c1-3-7-13-10(12)8(2)11-14-9-5-4-6-9/h8-9,11H,3-7H2,1-2H3. The van der Waals surface area contributed by atoms with Gasteiger partial charge in [0.2, 0.25) is 0 Å². The molecule has 1 saturated carbocycles. The Morgan fingerprint density at radius 1 is 1.57 bits per heavy atom. The molecule has 1 rings (SSSR count). The molecule has 1 fully saturated rings. The van der Waals surface area contributed by atoms with Crippen molar-refractivity contribution in [3.05, 3.63) is 0 Å². The summed E-state index contributed by atoms with van der Waals surface area (Å²) in [6.45, 7) is 4.20. The number of esters is 1. The van der Waals surface area contributed by atoms with E-state index >= 15 is 0 Å². The van der Waals surface area contributed by atoms with E-state index in [2.05, 4.69) is 5.48 Å². The van der Waals surface area contributed by atoms with Crippen LogP contribution in [0.2, 0.25) is 0 Å². The minimum absolute atomic E-state index is 0.244. The van der Waals surface area contributed by atoms with E-state index in [-0.39, 0.29) is 18.1 Å². The molecule has 0 aromatic carbocycles. The maximum absolute atomic E-state index is 11.3. The highest BCUT2D eigenvalue weighted by molar-refractivity contribution is 5.75. The zero-order valence-electron chi connectivity index (χ0n) is 8.91. The smallest absolute Gasteiger partial charge is 0.325 e. The van der Waals surface area contributed by atoms with Crippen molar-refractivity contribution in [2.24, 2.45) is 0 Å². The number of carbonyl (C=O) groups is 1. The van der Waals surface area contributed by atoms with Crippen LogP contribution < -0.4 is 5.48 Å². The Morgan fingerprint density at radius 3 is 2.79 bits per heavy atom. The van der Waals surface area contributed by atoms with Crippen LogP contribution >= 0.6 is 0 Å². The molecule has 14 heavy (non-hydrogen) atoms. The van der Waals surface area contributed by atoms with Crippen LogP contribution in [0.1, 0.15) is 39.5 Å². The van der Waals surface area contributed by atoms with Gasteiger partial charge in [0.05, 0.1) is 12.7 Å². The molecule has 0 aromatic rings. The average Bonchev–Trinajstić information content (AvgIpc) is 2.11. The topological polar surface area (TPSA) is 47.6 Å². The van der Waals surface area contributed by atoms with Crippen molar-refractivity contribution in [3.8, 4) is 0 Å². The average molecular weight is 201 g/mol. The second kappa shape index (κ2) is 5.98. The van der Waals surface area contributed by atoms with E-state index in [4.69, 9.17) is 9.57 Å². The van der Waals surface area contributed by atoms with Gasteiger partial charge in [0, 0.05) is 0 Å². The fourth-order valence-corrected chi connectivity index (χ4v) is 1.06. The Bertz CT molecular complexity index is 180. The van der Waals surface area contributed by atoms with Crippen LogP contribution in [0.15, 0.2) is 0 Å². The van der Waals surface area contributed by atoms with Gasteiger partial charge in [0.1, 0.15) is 6.04 Å². The molecule has 4 heteroatoms. The van der Waals surface area contributed by atoms with Gasteiger partial charge in [-0.15, -0.1) is 0 Å². The highest BCUT2D eigenvalue weighted by Gasteiger charge is 2.21. The van der Waals surface area contributed by atoms with Crippen molar-refractivity contribution in [2.45, 2.75) is 51.7 Å². The third-order valence-corrected chi connectivity index (χ3v) is 2.27. The van der Waals surface area contributed by atoms with Crippen molar-refractivity contribution in [1.29, 1.82) is 0 Å². The first-order valence-electron chi connectivity index (χ1n) is 5.32. The van der Waals surface area contributed by atoms with Crippen molar-refractivity contribution in [2.75, 3.05) is 6.61 Å². The van der Waals surface area contributed by atoms with Gasteiger partial charge in [-0.05, 0) is 32.6 Å². The highest BCUT2D eigenvalue weighted by atomic mass is 16.7. The van der Waals surface area contributed by atoms with Gasteiger partial charge in [0.15, 0.2) is 0 Å². The molecule has 0 aromatic heterocycles. The van der Waals surface area contributed by atoms with Gasteiger partial charge in [-0.1, -0.05) is 6.92 Å². The van der Waals surface area contributed by atoms with Crippen molar-refractivity contribution in [1.82, 2.24) is 5.48 Å². The lowest BCUT2D eigenvalue weighted by Crippen LogP contribution is -2.40. The molecule has 0 amide bonds. The van der Waals surface area contributed by atoms with Gasteiger partial charge in [-0.2, -0.15) is 5.48 Å². The lowest BCUT2D eigenvalue weighted by molar-refractivity contribution is -0.154. The summed E-state index contributed by atoms with van der Waals surface area (Å²) in [4.78, 5) is 16.5. The van der Waals surface area contributed by atoms with Crippen LogP contribution in [0.3, 0.4) is 0 Å². The minimum atomic E-state index is -0.373. The first-order chi connectivity index (χ1) is 6.74. The summed E-state index contributed by atoms with van der Waals surface area (Å²) in [5.41, 5.74) is 2.72. The zero-order valence-corrected chi connectivity index (χ0v) is 8.91. The molecule has 0 heterocycles. The summed E-state index contributed by atoms with van der Waals surface area (Å²) < 4.78 is 4.96. The number of ether oxygens (including phenoxy) is 1.